The molecule has 0 bridgehead atoms. The van der Waals surface area contributed by atoms with Crippen molar-refractivity contribution in [1.29, 1.82) is 0 Å². The predicted molar refractivity (Wildman–Crippen MR) is 190 cm³/mol. The Bertz CT molecular complexity index is 1360. The first-order chi connectivity index (χ1) is 24.6. The van der Waals surface area contributed by atoms with Crippen LogP contribution in [0, 0.1) is 17.8 Å². The van der Waals surface area contributed by atoms with Crippen LogP contribution in [-0.2, 0) is 43.2 Å². The second kappa shape index (κ2) is 21.7. The highest BCUT2D eigenvalue weighted by atomic mass is 16.4. The van der Waals surface area contributed by atoms with Crippen LogP contribution in [0.5, 0.6) is 0 Å². The summed E-state index contributed by atoms with van der Waals surface area (Å²) in [5, 5.41) is 33.0. The van der Waals surface area contributed by atoms with Crippen LogP contribution in [-0.4, -0.2) is 124 Å². The summed E-state index contributed by atoms with van der Waals surface area (Å²) in [4.78, 5) is 115. The van der Waals surface area contributed by atoms with E-state index in [1.807, 2.05) is 13.8 Å². The zero-order chi connectivity index (χ0) is 40.7. The maximum atomic E-state index is 13.7. The van der Waals surface area contributed by atoms with Gasteiger partial charge in [0.05, 0.1) is 12.6 Å². The number of carboxylic acid groups (broad SMARTS) is 2. The molecule has 10 N–H and O–H groups in total. The first-order valence-corrected chi connectivity index (χ1v) is 17.9. The van der Waals surface area contributed by atoms with Crippen LogP contribution in [0.2, 0.25) is 0 Å². The van der Waals surface area contributed by atoms with Crippen LogP contribution in [0.15, 0.2) is 0 Å². The Morgan fingerprint density at radius 1 is 0.736 bits per heavy atom. The quantitative estimate of drug-likeness (QED) is 0.0627. The fourth-order valence-corrected chi connectivity index (χ4v) is 5.38. The molecule has 1 aliphatic heterocycles. The highest BCUT2D eigenvalue weighted by Crippen LogP contribution is 2.20. The number of hydrogen-bond donors (Lipinski definition) is 9. The van der Waals surface area contributed by atoms with Gasteiger partial charge in [0, 0.05) is 13.0 Å². The standard InChI is InChI=1S/C34H58N8O11/c1-9-18(6)25(35)31(49)37-19(7)28(46)41-27(17(4)5)33(51)42-14-10-11-22(42)30(48)36-15-23(43)39-21(12-13-24(44)45)29(47)40-26(16(2)3)32(50)38-20(8)34(52)53/h16-22,25-27H,9-15,35H2,1-8H3,(H,36,48)(H,37,49)(H,38,50)(H,39,43)(H,40,47)(H,41,46)(H,44,45)(H,52,53)/t18-,19-,20-,21-,22+,25-,26-,27-/m0/s1. The van der Waals surface area contributed by atoms with Gasteiger partial charge in [-0.2, -0.15) is 0 Å². The molecular formula is C34H58N8O11. The van der Waals surface area contributed by atoms with Gasteiger partial charge in [-0.1, -0.05) is 48.0 Å². The first kappa shape index (κ1) is 46.2. The van der Waals surface area contributed by atoms with E-state index in [1.54, 1.807) is 27.7 Å². The number of nitrogens with zero attached hydrogens (tertiary/aromatic N) is 1. The lowest BCUT2D eigenvalue weighted by Crippen LogP contribution is -2.59. The summed E-state index contributed by atoms with van der Waals surface area (Å²) < 4.78 is 0. The molecule has 0 aromatic carbocycles. The number of rotatable bonds is 21. The number of aliphatic carboxylic acids is 2. The molecule has 0 unspecified atom stereocenters. The second-order valence-electron chi connectivity index (χ2n) is 14.1. The van der Waals surface area contributed by atoms with Crippen LogP contribution >= 0.6 is 0 Å². The fraction of sp³-hybridized carbons (Fsp3) is 0.735. The third-order valence-electron chi connectivity index (χ3n) is 9.08. The molecule has 1 saturated heterocycles. The number of nitrogens with one attached hydrogen (secondary N) is 6. The summed E-state index contributed by atoms with van der Waals surface area (Å²) in [6, 6.07) is -7.74. The molecule has 0 radical (unpaired) electrons. The number of likely N-dealkylation sites (tertiary alicyclic amines) is 1. The summed E-state index contributed by atoms with van der Waals surface area (Å²) in [7, 11) is 0. The third kappa shape index (κ3) is 14.6. The topological polar surface area (TPSA) is 296 Å². The minimum atomic E-state index is -1.43. The average molecular weight is 755 g/mol. The van der Waals surface area contributed by atoms with Crippen molar-refractivity contribution in [1.82, 2.24) is 36.8 Å². The van der Waals surface area contributed by atoms with Crippen molar-refractivity contribution in [3.8, 4) is 0 Å². The smallest absolute Gasteiger partial charge is 0.325 e. The summed E-state index contributed by atoms with van der Waals surface area (Å²) in [5.74, 6) is -8.46. The summed E-state index contributed by atoms with van der Waals surface area (Å²) >= 11 is 0. The number of hydrogen-bond acceptors (Lipinski definition) is 10. The normalized spacial score (nSPS) is 18.0. The summed E-state index contributed by atoms with van der Waals surface area (Å²) in [6.45, 7) is 12.6. The lowest BCUT2D eigenvalue weighted by Gasteiger charge is -2.31. The monoisotopic (exact) mass is 754 g/mol. The number of nitrogens with two attached hydrogens (primary N) is 1. The van der Waals surface area contributed by atoms with E-state index >= 15 is 0 Å². The molecule has 1 rings (SSSR count). The van der Waals surface area contributed by atoms with E-state index in [9.17, 15) is 48.3 Å². The van der Waals surface area contributed by atoms with E-state index in [-0.39, 0.29) is 25.3 Å². The van der Waals surface area contributed by atoms with Gasteiger partial charge in [0.1, 0.15) is 36.3 Å². The molecule has 1 fully saturated rings. The van der Waals surface area contributed by atoms with Gasteiger partial charge in [-0.05, 0) is 50.9 Å². The van der Waals surface area contributed by atoms with Crippen molar-refractivity contribution in [2.75, 3.05) is 13.1 Å². The molecule has 53 heavy (non-hydrogen) atoms. The number of carboxylic acids is 2. The van der Waals surface area contributed by atoms with Gasteiger partial charge in [-0.15, -0.1) is 0 Å². The summed E-state index contributed by atoms with van der Waals surface area (Å²) in [5.41, 5.74) is 5.97. The predicted octanol–water partition coefficient (Wildman–Crippen LogP) is -1.81. The number of carbonyl (C=O) groups is 9. The molecule has 300 valence electrons. The van der Waals surface area contributed by atoms with Crippen LogP contribution in [0.25, 0.3) is 0 Å². The lowest BCUT2D eigenvalue weighted by atomic mass is 9.99. The highest BCUT2D eigenvalue weighted by molar-refractivity contribution is 5.97. The molecular weight excluding hydrogens is 696 g/mol. The first-order valence-electron chi connectivity index (χ1n) is 17.9. The van der Waals surface area contributed by atoms with Gasteiger partial charge in [0.25, 0.3) is 0 Å². The zero-order valence-electron chi connectivity index (χ0n) is 31.8. The van der Waals surface area contributed by atoms with Crippen molar-refractivity contribution in [3.05, 3.63) is 0 Å². The molecule has 0 spiro atoms. The maximum absolute atomic E-state index is 13.7. The van der Waals surface area contributed by atoms with Crippen molar-refractivity contribution >= 4 is 53.3 Å². The van der Waals surface area contributed by atoms with Crippen LogP contribution in [0.4, 0.5) is 0 Å². The Hall–Kier alpha value is -4.81. The minimum Gasteiger partial charge on any atom is -0.481 e. The average Bonchev–Trinajstić information content (AvgIpc) is 3.58. The van der Waals surface area contributed by atoms with Crippen molar-refractivity contribution in [2.24, 2.45) is 23.5 Å². The minimum absolute atomic E-state index is 0.114. The Balaban J connectivity index is 2.95. The molecule has 1 heterocycles. The lowest BCUT2D eigenvalue weighted by molar-refractivity contribution is -0.143. The Morgan fingerprint density at radius 3 is 1.83 bits per heavy atom. The van der Waals surface area contributed by atoms with Crippen LogP contribution in [0.1, 0.15) is 87.5 Å². The van der Waals surface area contributed by atoms with E-state index in [0.717, 1.165) is 0 Å². The Kier molecular flexibility index (Phi) is 18.9. The Labute approximate surface area is 309 Å². The van der Waals surface area contributed by atoms with Crippen LogP contribution in [0.3, 0.4) is 0 Å². The van der Waals surface area contributed by atoms with Gasteiger partial charge >= 0.3 is 11.9 Å². The zero-order valence-corrected chi connectivity index (χ0v) is 31.8. The van der Waals surface area contributed by atoms with Gasteiger partial charge < -0.3 is 52.7 Å². The van der Waals surface area contributed by atoms with Crippen molar-refractivity contribution in [3.63, 3.8) is 0 Å². The SMILES string of the molecule is CC[C@H](C)[C@H](N)C(=O)N[C@@H](C)C(=O)N[C@H](C(=O)N1CCC[C@@H]1C(=O)NCC(=O)N[C@@H](CCC(=O)O)C(=O)N[C@H](C(=O)N[C@@H](C)C(=O)O)C(C)C)C(C)C. The third-order valence-corrected chi connectivity index (χ3v) is 9.08. The fourth-order valence-electron chi connectivity index (χ4n) is 5.38. The van der Waals surface area contributed by atoms with Crippen molar-refractivity contribution in [2.45, 2.75) is 130 Å². The largest absolute Gasteiger partial charge is 0.481 e. The van der Waals surface area contributed by atoms with E-state index < -0.39 is 120 Å². The molecule has 0 aliphatic carbocycles. The molecule has 19 heteroatoms. The molecule has 19 nitrogen and oxygen atoms in total. The van der Waals surface area contributed by atoms with Crippen LogP contribution < -0.4 is 37.6 Å². The van der Waals surface area contributed by atoms with E-state index in [0.29, 0.717) is 12.8 Å². The molecule has 0 saturated carbocycles. The van der Waals surface area contributed by atoms with Gasteiger partial charge in [0.15, 0.2) is 0 Å². The van der Waals surface area contributed by atoms with Gasteiger partial charge in [-0.3, -0.25) is 43.2 Å². The Morgan fingerprint density at radius 2 is 1.30 bits per heavy atom. The molecule has 0 aromatic rings. The highest BCUT2D eigenvalue weighted by Gasteiger charge is 2.39. The van der Waals surface area contributed by atoms with E-state index in [4.69, 9.17) is 10.8 Å². The second-order valence-corrected chi connectivity index (χ2v) is 14.1. The molecule has 0 aromatic heterocycles. The van der Waals surface area contributed by atoms with Gasteiger partial charge in [0.2, 0.25) is 41.4 Å². The maximum Gasteiger partial charge on any atom is 0.325 e. The van der Waals surface area contributed by atoms with Gasteiger partial charge in [-0.25, -0.2) is 0 Å². The number of amides is 7. The molecule has 7 amide bonds. The molecule has 8 atom stereocenters. The molecule has 1 aliphatic rings. The van der Waals surface area contributed by atoms with Crippen molar-refractivity contribution < 1.29 is 53.4 Å². The number of carbonyl (C=O) groups excluding carboxylic acids is 7. The van der Waals surface area contributed by atoms with E-state index in [1.165, 1.54) is 18.7 Å². The van der Waals surface area contributed by atoms with E-state index in [2.05, 4.69) is 31.9 Å². The summed E-state index contributed by atoms with van der Waals surface area (Å²) in [6.07, 6.45) is 0.502.